The summed E-state index contributed by atoms with van der Waals surface area (Å²) >= 11 is 0. The molecule has 1 heterocycles. The van der Waals surface area contributed by atoms with Gasteiger partial charge >= 0.3 is 0 Å². The van der Waals surface area contributed by atoms with Gasteiger partial charge in [-0.3, -0.25) is 0 Å². The molecule has 0 amide bonds. The quantitative estimate of drug-likeness (QED) is 0.611. The molecule has 4 N–H and O–H groups in total. The SMILES string of the molecule is CC1(C)C=C(NCCCCCCN)CC(C)(C)N1. The Labute approximate surface area is 113 Å². The van der Waals surface area contributed by atoms with Crippen LogP contribution in [-0.2, 0) is 0 Å². The second-order valence-electron chi connectivity index (χ2n) is 6.71. The minimum Gasteiger partial charge on any atom is -0.388 e. The highest BCUT2D eigenvalue weighted by atomic mass is 15.1. The second kappa shape index (κ2) is 6.58. The van der Waals surface area contributed by atoms with Gasteiger partial charge in [0.05, 0.1) is 0 Å². The van der Waals surface area contributed by atoms with Crippen LogP contribution in [0.15, 0.2) is 11.8 Å². The van der Waals surface area contributed by atoms with Crippen LogP contribution in [0.25, 0.3) is 0 Å². The molecule has 3 nitrogen and oxygen atoms in total. The topological polar surface area (TPSA) is 50.1 Å². The van der Waals surface area contributed by atoms with Crippen LogP contribution in [0.4, 0.5) is 0 Å². The van der Waals surface area contributed by atoms with E-state index in [0.29, 0.717) is 0 Å². The summed E-state index contributed by atoms with van der Waals surface area (Å²) in [5.74, 6) is 0. The summed E-state index contributed by atoms with van der Waals surface area (Å²) in [5.41, 5.74) is 7.15. The van der Waals surface area contributed by atoms with Gasteiger partial charge in [0, 0.05) is 29.7 Å². The van der Waals surface area contributed by atoms with Gasteiger partial charge in [0.1, 0.15) is 0 Å². The van der Waals surface area contributed by atoms with Crippen LogP contribution in [0.2, 0.25) is 0 Å². The molecular weight excluding hydrogens is 222 g/mol. The van der Waals surface area contributed by atoms with Crippen molar-refractivity contribution in [1.29, 1.82) is 0 Å². The molecule has 0 radical (unpaired) electrons. The smallest absolute Gasteiger partial charge is 0.0331 e. The zero-order valence-corrected chi connectivity index (χ0v) is 12.6. The molecule has 1 rings (SSSR count). The van der Waals surface area contributed by atoms with E-state index >= 15 is 0 Å². The maximum absolute atomic E-state index is 5.49. The highest BCUT2D eigenvalue weighted by Crippen LogP contribution is 2.26. The summed E-state index contributed by atoms with van der Waals surface area (Å²) in [4.78, 5) is 0. The third-order valence-corrected chi connectivity index (χ3v) is 3.31. The third-order valence-electron chi connectivity index (χ3n) is 3.31. The Morgan fingerprint density at radius 1 is 1.17 bits per heavy atom. The van der Waals surface area contributed by atoms with Gasteiger partial charge in [-0.05, 0) is 53.2 Å². The summed E-state index contributed by atoms with van der Waals surface area (Å²) < 4.78 is 0. The van der Waals surface area contributed by atoms with Gasteiger partial charge in [0.25, 0.3) is 0 Å². The predicted octanol–water partition coefficient (Wildman–Crippen LogP) is 2.53. The van der Waals surface area contributed by atoms with Crippen molar-refractivity contribution in [2.45, 2.75) is 70.9 Å². The number of nitrogens with two attached hydrogens (primary N) is 1. The van der Waals surface area contributed by atoms with E-state index < -0.39 is 0 Å². The Kier molecular flexibility index (Phi) is 5.67. The standard InChI is InChI=1S/C15H31N3/c1-14(2)11-13(12-15(3,4)18-14)17-10-8-6-5-7-9-16/h11,17-18H,5-10,12,16H2,1-4H3. The molecule has 1 aliphatic heterocycles. The van der Waals surface area contributed by atoms with Crippen molar-refractivity contribution in [3.05, 3.63) is 11.8 Å². The summed E-state index contributed by atoms with van der Waals surface area (Å²) in [5, 5.41) is 7.25. The first-order valence-electron chi connectivity index (χ1n) is 7.30. The number of unbranched alkanes of at least 4 members (excludes halogenated alkanes) is 3. The minimum atomic E-state index is 0.0869. The van der Waals surface area contributed by atoms with Crippen LogP contribution in [0, 0.1) is 0 Å². The molecule has 0 saturated carbocycles. The zero-order valence-electron chi connectivity index (χ0n) is 12.6. The summed E-state index contributed by atoms with van der Waals surface area (Å²) in [6, 6.07) is 0. The van der Waals surface area contributed by atoms with Crippen molar-refractivity contribution in [2.24, 2.45) is 5.73 Å². The normalized spacial score (nSPS) is 21.5. The van der Waals surface area contributed by atoms with Gasteiger partial charge < -0.3 is 16.4 Å². The number of nitrogens with one attached hydrogen (secondary N) is 2. The van der Waals surface area contributed by atoms with Crippen LogP contribution < -0.4 is 16.4 Å². The number of rotatable bonds is 7. The monoisotopic (exact) mass is 253 g/mol. The fourth-order valence-corrected chi connectivity index (χ4v) is 2.90. The Hall–Kier alpha value is -0.540. The van der Waals surface area contributed by atoms with Gasteiger partial charge in [-0.15, -0.1) is 0 Å². The van der Waals surface area contributed by atoms with Crippen molar-refractivity contribution < 1.29 is 0 Å². The lowest BCUT2D eigenvalue weighted by Crippen LogP contribution is -2.55. The summed E-state index contributed by atoms with van der Waals surface area (Å²) in [6.45, 7) is 10.9. The largest absolute Gasteiger partial charge is 0.388 e. The lowest BCUT2D eigenvalue weighted by Gasteiger charge is -2.41. The number of hydrogen-bond acceptors (Lipinski definition) is 3. The molecule has 0 aromatic carbocycles. The molecular formula is C15H31N3. The average molecular weight is 253 g/mol. The van der Waals surface area contributed by atoms with E-state index in [1.54, 1.807) is 0 Å². The van der Waals surface area contributed by atoms with Gasteiger partial charge in [-0.1, -0.05) is 12.8 Å². The zero-order chi connectivity index (χ0) is 13.6. The molecule has 3 heteroatoms. The van der Waals surface area contributed by atoms with Crippen molar-refractivity contribution in [2.75, 3.05) is 13.1 Å². The highest BCUT2D eigenvalue weighted by molar-refractivity contribution is 5.19. The van der Waals surface area contributed by atoms with E-state index in [-0.39, 0.29) is 11.1 Å². The second-order valence-corrected chi connectivity index (χ2v) is 6.71. The van der Waals surface area contributed by atoms with Gasteiger partial charge in [-0.2, -0.15) is 0 Å². The van der Waals surface area contributed by atoms with Crippen molar-refractivity contribution in [3.63, 3.8) is 0 Å². The Morgan fingerprint density at radius 3 is 2.44 bits per heavy atom. The molecule has 0 spiro atoms. The fourth-order valence-electron chi connectivity index (χ4n) is 2.90. The van der Waals surface area contributed by atoms with Crippen molar-refractivity contribution >= 4 is 0 Å². The van der Waals surface area contributed by atoms with E-state index in [2.05, 4.69) is 44.4 Å². The Balaban J connectivity index is 2.31. The lowest BCUT2D eigenvalue weighted by atomic mass is 9.86. The predicted molar refractivity (Wildman–Crippen MR) is 79.5 cm³/mol. The van der Waals surface area contributed by atoms with Crippen LogP contribution in [0.3, 0.4) is 0 Å². The highest BCUT2D eigenvalue weighted by Gasteiger charge is 2.31. The Bertz CT molecular complexity index is 279. The maximum atomic E-state index is 5.49. The van der Waals surface area contributed by atoms with Crippen LogP contribution in [-0.4, -0.2) is 24.2 Å². The molecule has 0 aliphatic carbocycles. The van der Waals surface area contributed by atoms with Gasteiger partial charge in [0.2, 0.25) is 0 Å². The first-order valence-corrected chi connectivity index (χ1v) is 7.30. The fraction of sp³-hybridized carbons (Fsp3) is 0.867. The molecule has 0 atom stereocenters. The molecule has 0 saturated heterocycles. The first kappa shape index (κ1) is 15.5. The molecule has 0 bridgehead atoms. The van der Waals surface area contributed by atoms with Crippen molar-refractivity contribution in [1.82, 2.24) is 10.6 Å². The molecule has 0 aromatic rings. The van der Waals surface area contributed by atoms with Crippen LogP contribution in [0.5, 0.6) is 0 Å². The molecule has 18 heavy (non-hydrogen) atoms. The van der Waals surface area contributed by atoms with E-state index in [1.165, 1.54) is 25.0 Å². The first-order chi connectivity index (χ1) is 8.35. The number of hydrogen-bond donors (Lipinski definition) is 3. The van der Waals surface area contributed by atoms with E-state index in [9.17, 15) is 0 Å². The van der Waals surface area contributed by atoms with Crippen LogP contribution >= 0.6 is 0 Å². The minimum absolute atomic E-state index is 0.0869. The lowest BCUT2D eigenvalue weighted by molar-refractivity contribution is 0.276. The van der Waals surface area contributed by atoms with E-state index in [4.69, 9.17) is 5.73 Å². The van der Waals surface area contributed by atoms with Gasteiger partial charge in [0.15, 0.2) is 0 Å². The summed E-state index contributed by atoms with van der Waals surface area (Å²) in [7, 11) is 0. The Morgan fingerprint density at radius 2 is 1.83 bits per heavy atom. The summed E-state index contributed by atoms with van der Waals surface area (Å²) in [6.07, 6.45) is 8.36. The molecule has 1 aliphatic rings. The van der Waals surface area contributed by atoms with Crippen LogP contribution in [0.1, 0.15) is 59.8 Å². The van der Waals surface area contributed by atoms with E-state index in [0.717, 1.165) is 25.9 Å². The third kappa shape index (κ3) is 5.87. The molecule has 0 fully saturated rings. The molecule has 0 unspecified atom stereocenters. The maximum Gasteiger partial charge on any atom is 0.0331 e. The van der Waals surface area contributed by atoms with E-state index in [1.807, 2.05) is 0 Å². The average Bonchev–Trinajstić information content (AvgIpc) is 2.18. The molecule has 106 valence electrons. The molecule has 0 aromatic heterocycles. The van der Waals surface area contributed by atoms with Gasteiger partial charge in [-0.25, -0.2) is 0 Å². The van der Waals surface area contributed by atoms with Crippen molar-refractivity contribution in [3.8, 4) is 0 Å².